The third kappa shape index (κ3) is 2.36. The molecule has 2 heterocycles. The molecule has 1 N–H and O–H groups in total. The summed E-state index contributed by atoms with van der Waals surface area (Å²) < 4.78 is 0. The van der Waals surface area contributed by atoms with E-state index in [0.717, 1.165) is 31.7 Å². The first-order valence-electron chi connectivity index (χ1n) is 6.24. The fraction of sp³-hybridized carbons (Fsp3) is 0.267. The van der Waals surface area contributed by atoms with Gasteiger partial charge in [-0.25, -0.2) is 0 Å². The number of nitrogens with zero attached hydrogens (tertiary/aromatic N) is 2. The molecule has 1 aliphatic rings. The molecule has 3 nitrogen and oxygen atoms in total. The largest absolute Gasteiger partial charge is 0.506 e. The molecule has 3 heteroatoms. The molecular weight excluding hydrogens is 224 g/mol. The zero-order valence-electron chi connectivity index (χ0n) is 10.2. The predicted octanol–water partition coefficient (Wildman–Crippen LogP) is 2.35. The van der Waals surface area contributed by atoms with Crippen molar-refractivity contribution in [3.05, 3.63) is 59.4 Å². The van der Waals surface area contributed by atoms with Crippen LogP contribution in [0.3, 0.4) is 0 Å². The molecule has 18 heavy (non-hydrogen) atoms. The van der Waals surface area contributed by atoms with E-state index >= 15 is 0 Å². The van der Waals surface area contributed by atoms with Crippen LogP contribution < -0.4 is 0 Å². The first kappa shape index (κ1) is 11.2. The first-order chi connectivity index (χ1) is 8.81. The van der Waals surface area contributed by atoms with E-state index in [4.69, 9.17) is 0 Å². The normalized spacial score (nSPS) is 15.3. The number of aromatic nitrogens is 1. The highest BCUT2D eigenvalue weighted by Crippen LogP contribution is 2.20. The fourth-order valence-electron chi connectivity index (χ4n) is 2.43. The van der Waals surface area contributed by atoms with Crippen molar-refractivity contribution in [2.75, 3.05) is 6.54 Å². The molecule has 0 radical (unpaired) electrons. The summed E-state index contributed by atoms with van der Waals surface area (Å²) in [7, 11) is 0. The Hall–Kier alpha value is -1.87. The molecule has 1 aromatic carbocycles. The van der Waals surface area contributed by atoms with Gasteiger partial charge in [0.15, 0.2) is 0 Å². The molecule has 0 unspecified atom stereocenters. The van der Waals surface area contributed by atoms with Gasteiger partial charge in [-0.1, -0.05) is 24.3 Å². The van der Waals surface area contributed by atoms with Gasteiger partial charge in [0.25, 0.3) is 0 Å². The number of pyridine rings is 1. The van der Waals surface area contributed by atoms with Gasteiger partial charge in [0.05, 0.1) is 11.9 Å². The lowest BCUT2D eigenvalue weighted by atomic mass is 10.00. The van der Waals surface area contributed by atoms with E-state index in [1.54, 1.807) is 6.07 Å². The number of benzene rings is 1. The molecule has 0 spiro atoms. The monoisotopic (exact) mass is 240 g/mol. The van der Waals surface area contributed by atoms with E-state index in [-0.39, 0.29) is 5.75 Å². The Morgan fingerprint density at radius 1 is 1.11 bits per heavy atom. The van der Waals surface area contributed by atoms with Crippen LogP contribution in [0.25, 0.3) is 0 Å². The summed E-state index contributed by atoms with van der Waals surface area (Å²) in [5.41, 5.74) is 3.89. The van der Waals surface area contributed by atoms with Crippen LogP contribution in [0.15, 0.2) is 42.6 Å². The van der Waals surface area contributed by atoms with Crippen LogP contribution in [0.4, 0.5) is 0 Å². The average Bonchev–Trinajstić information content (AvgIpc) is 2.41. The zero-order chi connectivity index (χ0) is 12.4. The van der Waals surface area contributed by atoms with Crippen LogP contribution in [0.2, 0.25) is 0 Å². The second-order valence-electron chi connectivity index (χ2n) is 4.74. The van der Waals surface area contributed by atoms with Gasteiger partial charge in [-0.3, -0.25) is 9.88 Å². The van der Waals surface area contributed by atoms with Gasteiger partial charge in [-0.2, -0.15) is 0 Å². The van der Waals surface area contributed by atoms with Crippen molar-refractivity contribution < 1.29 is 5.11 Å². The highest BCUT2D eigenvalue weighted by molar-refractivity contribution is 5.29. The van der Waals surface area contributed by atoms with Crippen LogP contribution in [0, 0.1) is 0 Å². The number of hydrogen-bond acceptors (Lipinski definition) is 3. The highest BCUT2D eigenvalue weighted by Gasteiger charge is 2.15. The second-order valence-corrected chi connectivity index (χ2v) is 4.74. The van der Waals surface area contributed by atoms with Crippen molar-refractivity contribution in [3.63, 3.8) is 0 Å². The van der Waals surface area contributed by atoms with Gasteiger partial charge in [0, 0.05) is 19.6 Å². The Bertz CT molecular complexity index is 536. The summed E-state index contributed by atoms with van der Waals surface area (Å²) >= 11 is 0. The summed E-state index contributed by atoms with van der Waals surface area (Å²) in [6, 6.07) is 12.2. The van der Waals surface area contributed by atoms with E-state index in [1.165, 1.54) is 17.3 Å². The number of rotatable bonds is 2. The quantitative estimate of drug-likeness (QED) is 0.875. The molecular formula is C15H16N2O. The Balaban J connectivity index is 1.71. The molecule has 2 aromatic rings. The maximum absolute atomic E-state index is 9.22. The minimum absolute atomic E-state index is 0.225. The van der Waals surface area contributed by atoms with Crippen LogP contribution in [-0.2, 0) is 19.5 Å². The lowest BCUT2D eigenvalue weighted by molar-refractivity contribution is 0.242. The van der Waals surface area contributed by atoms with E-state index in [2.05, 4.69) is 34.1 Å². The third-order valence-corrected chi connectivity index (χ3v) is 3.40. The SMILES string of the molecule is Oc1ccc(CN2CCc3ccccc3C2)nc1. The van der Waals surface area contributed by atoms with Crippen LogP contribution in [0.5, 0.6) is 5.75 Å². The van der Waals surface area contributed by atoms with Gasteiger partial charge in [-0.05, 0) is 29.7 Å². The topological polar surface area (TPSA) is 36.4 Å². The highest BCUT2D eigenvalue weighted by atomic mass is 16.3. The van der Waals surface area contributed by atoms with Crippen molar-refractivity contribution in [3.8, 4) is 5.75 Å². The fourth-order valence-corrected chi connectivity index (χ4v) is 2.43. The summed E-state index contributed by atoms with van der Waals surface area (Å²) in [5, 5.41) is 9.22. The van der Waals surface area contributed by atoms with Gasteiger partial charge in [-0.15, -0.1) is 0 Å². The smallest absolute Gasteiger partial charge is 0.133 e. The molecule has 0 fully saturated rings. The van der Waals surface area contributed by atoms with Gasteiger partial charge < -0.3 is 5.11 Å². The minimum atomic E-state index is 0.225. The molecule has 92 valence electrons. The predicted molar refractivity (Wildman–Crippen MR) is 70.2 cm³/mol. The first-order valence-corrected chi connectivity index (χ1v) is 6.24. The lowest BCUT2D eigenvalue weighted by Crippen LogP contribution is -2.30. The van der Waals surface area contributed by atoms with Crippen molar-refractivity contribution in [2.45, 2.75) is 19.5 Å². The number of aromatic hydroxyl groups is 1. The summed E-state index contributed by atoms with van der Waals surface area (Å²) in [4.78, 5) is 6.63. The number of fused-ring (bicyclic) bond motifs is 1. The molecule has 0 bridgehead atoms. The molecule has 0 saturated carbocycles. The van der Waals surface area contributed by atoms with Crippen molar-refractivity contribution in [1.29, 1.82) is 0 Å². The van der Waals surface area contributed by atoms with Crippen LogP contribution in [0.1, 0.15) is 16.8 Å². The van der Waals surface area contributed by atoms with Crippen molar-refractivity contribution >= 4 is 0 Å². The van der Waals surface area contributed by atoms with Crippen molar-refractivity contribution in [2.24, 2.45) is 0 Å². The Labute approximate surface area is 107 Å². The molecule has 0 aliphatic carbocycles. The Kier molecular flexibility index (Phi) is 2.99. The molecule has 3 rings (SSSR count). The maximum atomic E-state index is 9.22. The van der Waals surface area contributed by atoms with Gasteiger partial charge in [0.1, 0.15) is 5.75 Å². The van der Waals surface area contributed by atoms with Crippen LogP contribution in [-0.4, -0.2) is 21.5 Å². The van der Waals surface area contributed by atoms with Crippen LogP contribution >= 0.6 is 0 Å². The van der Waals surface area contributed by atoms with Gasteiger partial charge in [0.2, 0.25) is 0 Å². The third-order valence-electron chi connectivity index (χ3n) is 3.40. The summed E-state index contributed by atoms with van der Waals surface area (Å²) in [6.07, 6.45) is 2.61. The van der Waals surface area contributed by atoms with E-state index in [0.29, 0.717) is 0 Å². The Morgan fingerprint density at radius 2 is 1.94 bits per heavy atom. The molecule has 0 amide bonds. The van der Waals surface area contributed by atoms with E-state index < -0.39 is 0 Å². The zero-order valence-corrected chi connectivity index (χ0v) is 10.2. The average molecular weight is 240 g/mol. The standard InChI is InChI=1S/C15H16N2O/c18-15-6-5-14(16-9-15)11-17-8-7-12-3-1-2-4-13(12)10-17/h1-6,9,18H,7-8,10-11H2. The van der Waals surface area contributed by atoms with Crippen molar-refractivity contribution in [1.82, 2.24) is 9.88 Å². The lowest BCUT2D eigenvalue weighted by Gasteiger charge is -2.28. The molecule has 1 aliphatic heterocycles. The second kappa shape index (κ2) is 4.78. The van der Waals surface area contributed by atoms with E-state index in [1.807, 2.05) is 6.07 Å². The maximum Gasteiger partial charge on any atom is 0.133 e. The summed E-state index contributed by atoms with van der Waals surface area (Å²) in [5.74, 6) is 0.225. The van der Waals surface area contributed by atoms with E-state index in [9.17, 15) is 5.11 Å². The molecule has 1 aromatic heterocycles. The minimum Gasteiger partial charge on any atom is -0.506 e. The van der Waals surface area contributed by atoms with Gasteiger partial charge >= 0.3 is 0 Å². The summed E-state index contributed by atoms with van der Waals surface area (Å²) in [6.45, 7) is 2.90. The Morgan fingerprint density at radius 3 is 2.72 bits per heavy atom. The molecule has 0 atom stereocenters. The number of hydrogen-bond donors (Lipinski definition) is 1. The molecule has 0 saturated heterocycles.